The van der Waals surface area contributed by atoms with Crippen molar-refractivity contribution in [2.75, 3.05) is 25.5 Å². The molecule has 1 saturated heterocycles. The molecular formula is C14H21N3S. The number of nitrogens with one attached hydrogen (secondary N) is 2. The summed E-state index contributed by atoms with van der Waals surface area (Å²) in [7, 11) is 2.17. The molecule has 4 heteroatoms. The first-order valence-electron chi connectivity index (χ1n) is 6.47. The Balaban J connectivity index is 1.84. The van der Waals surface area contributed by atoms with Gasteiger partial charge in [0.25, 0.3) is 0 Å². The zero-order valence-corrected chi connectivity index (χ0v) is 11.9. The quantitative estimate of drug-likeness (QED) is 0.801. The average Bonchev–Trinajstić information content (AvgIpc) is 2.35. The van der Waals surface area contributed by atoms with Crippen LogP contribution in [-0.2, 0) is 0 Å². The fourth-order valence-corrected chi connectivity index (χ4v) is 2.49. The van der Waals surface area contributed by atoms with Gasteiger partial charge in [0.2, 0.25) is 0 Å². The molecule has 0 aromatic heterocycles. The van der Waals surface area contributed by atoms with Gasteiger partial charge in [0.05, 0.1) is 0 Å². The summed E-state index contributed by atoms with van der Waals surface area (Å²) in [6, 6.07) is 8.70. The Kier molecular flexibility index (Phi) is 4.55. The van der Waals surface area contributed by atoms with Gasteiger partial charge in [0, 0.05) is 11.7 Å². The highest BCUT2D eigenvalue weighted by Gasteiger charge is 2.17. The number of thiocarbonyl (C=S) groups is 1. The molecule has 2 N–H and O–H groups in total. The molecule has 1 fully saturated rings. The summed E-state index contributed by atoms with van der Waals surface area (Å²) in [5, 5.41) is 7.42. The molecule has 1 aliphatic rings. The minimum atomic E-state index is 0.505. The van der Waals surface area contributed by atoms with Gasteiger partial charge in [-0.1, -0.05) is 18.2 Å². The smallest absolute Gasteiger partial charge is 0.171 e. The monoisotopic (exact) mass is 263 g/mol. The van der Waals surface area contributed by atoms with Crippen LogP contribution >= 0.6 is 12.2 Å². The first-order chi connectivity index (χ1) is 8.65. The molecule has 1 heterocycles. The van der Waals surface area contributed by atoms with Crippen LogP contribution in [0.1, 0.15) is 18.4 Å². The fraction of sp³-hybridized carbons (Fsp3) is 0.500. The standard InChI is InChI=1S/C14H21N3S/c1-11-5-3-4-6-13(11)16-14(18)15-12-7-9-17(2)10-8-12/h3-6,12H,7-10H2,1-2H3,(H2,15,16,18). The summed E-state index contributed by atoms with van der Waals surface area (Å²) in [5.41, 5.74) is 2.30. The third-order valence-electron chi connectivity index (χ3n) is 3.45. The lowest BCUT2D eigenvalue weighted by Crippen LogP contribution is -2.44. The van der Waals surface area contributed by atoms with E-state index in [1.807, 2.05) is 12.1 Å². The van der Waals surface area contributed by atoms with E-state index in [0.29, 0.717) is 6.04 Å². The van der Waals surface area contributed by atoms with Crippen molar-refractivity contribution in [2.45, 2.75) is 25.8 Å². The van der Waals surface area contributed by atoms with Crippen LogP contribution in [-0.4, -0.2) is 36.2 Å². The molecule has 0 spiro atoms. The highest BCUT2D eigenvalue weighted by Crippen LogP contribution is 2.13. The molecule has 1 aliphatic heterocycles. The van der Waals surface area contributed by atoms with Crippen LogP contribution in [0.5, 0.6) is 0 Å². The number of rotatable bonds is 2. The molecule has 0 unspecified atom stereocenters. The molecule has 0 atom stereocenters. The Labute approximate surface area is 115 Å². The van der Waals surface area contributed by atoms with Gasteiger partial charge in [0.1, 0.15) is 0 Å². The van der Waals surface area contributed by atoms with E-state index in [-0.39, 0.29) is 0 Å². The van der Waals surface area contributed by atoms with Gasteiger partial charge < -0.3 is 15.5 Å². The normalized spacial score (nSPS) is 17.4. The topological polar surface area (TPSA) is 27.3 Å². The maximum absolute atomic E-state index is 5.37. The fourth-order valence-electron chi connectivity index (χ4n) is 2.21. The Hall–Kier alpha value is -1.13. The van der Waals surface area contributed by atoms with Gasteiger partial charge in [0.15, 0.2) is 5.11 Å². The van der Waals surface area contributed by atoms with E-state index in [1.54, 1.807) is 0 Å². The van der Waals surface area contributed by atoms with Crippen molar-refractivity contribution in [3.8, 4) is 0 Å². The predicted molar refractivity (Wildman–Crippen MR) is 81.1 cm³/mol. The van der Waals surface area contributed by atoms with Crippen molar-refractivity contribution in [2.24, 2.45) is 0 Å². The van der Waals surface area contributed by atoms with E-state index in [4.69, 9.17) is 12.2 Å². The SMILES string of the molecule is Cc1ccccc1NC(=S)NC1CCN(C)CC1. The second-order valence-electron chi connectivity index (χ2n) is 4.99. The number of likely N-dealkylation sites (tertiary alicyclic amines) is 1. The molecule has 98 valence electrons. The van der Waals surface area contributed by atoms with E-state index in [0.717, 1.165) is 36.7 Å². The highest BCUT2D eigenvalue weighted by atomic mass is 32.1. The van der Waals surface area contributed by atoms with Crippen molar-refractivity contribution in [1.29, 1.82) is 0 Å². The summed E-state index contributed by atoms with van der Waals surface area (Å²) in [6.45, 7) is 4.37. The lowest BCUT2D eigenvalue weighted by molar-refractivity contribution is 0.247. The summed E-state index contributed by atoms with van der Waals surface area (Å²) in [4.78, 5) is 2.36. The maximum Gasteiger partial charge on any atom is 0.171 e. The van der Waals surface area contributed by atoms with Crippen LogP contribution in [0.4, 0.5) is 5.69 Å². The molecule has 0 bridgehead atoms. The van der Waals surface area contributed by atoms with Crippen molar-refractivity contribution in [1.82, 2.24) is 10.2 Å². The first kappa shape index (κ1) is 13.3. The Morgan fingerprint density at radius 3 is 2.61 bits per heavy atom. The third kappa shape index (κ3) is 3.68. The van der Waals surface area contributed by atoms with Gasteiger partial charge in [-0.25, -0.2) is 0 Å². The van der Waals surface area contributed by atoms with Crippen molar-refractivity contribution in [3.63, 3.8) is 0 Å². The molecule has 2 rings (SSSR count). The number of hydrogen-bond acceptors (Lipinski definition) is 2. The zero-order valence-electron chi connectivity index (χ0n) is 11.1. The average molecular weight is 263 g/mol. The lowest BCUT2D eigenvalue weighted by Gasteiger charge is -2.30. The van der Waals surface area contributed by atoms with Gasteiger partial charge in [-0.2, -0.15) is 0 Å². The van der Waals surface area contributed by atoms with E-state index < -0.39 is 0 Å². The molecule has 0 saturated carbocycles. The zero-order chi connectivity index (χ0) is 13.0. The Bertz CT molecular complexity index is 411. The number of piperidine rings is 1. The molecule has 1 aromatic carbocycles. The van der Waals surface area contributed by atoms with Crippen LogP contribution in [0, 0.1) is 6.92 Å². The molecule has 3 nitrogen and oxygen atoms in total. The van der Waals surface area contributed by atoms with E-state index in [9.17, 15) is 0 Å². The molecular weight excluding hydrogens is 242 g/mol. The minimum absolute atomic E-state index is 0.505. The summed E-state index contributed by atoms with van der Waals surface area (Å²) >= 11 is 5.37. The van der Waals surface area contributed by atoms with Crippen LogP contribution in [0.3, 0.4) is 0 Å². The van der Waals surface area contributed by atoms with Crippen molar-refractivity contribution in [3.05, 3.63) is 29.8 Å². The van der Waals surface area contributed by atoms with Crippen LogP contribution in [0.15, 0.2) is 24.3 Å². The first-order valence-corrected chi connectivity index (χ1v) is 6.87. The van der Waals surface area contributed by atoms with E-state index in [1.165, 1.54) is 5.56 Å². The van der Waals surface area contributed by atoms with Gasteiger partial charge in [-0.05, 0) is 63.8 Å². The Morgan fingerprint density at radius 1 is 1.28 bits per heavy atom. The van der Waals surface area contributed by atoms with Gasteiger partial charge >= 0.3 is 0 Å². The van der Waals surface area contributed by atoms with Crippen molar-refractivity contribution >= 4 is 23.0 Å². The molecule has 0 aliphatic carbocycles. The van der Waals surface area contributed by atoms with E-state index in [2.05, 4.69) is 41.6 Å². The summed E-state index contributed by atoms with van der Waals surface area (Å²) < 4.78 is 0. The minimum Gasteiger partial charge on any atom is -0.360 e. The summed E-state index contributed by atoms with van der Waals surface area (Å²) in [6.07, 6.45) is 2.32. The number of hydrogen-bond donors (Lipinski definition) is 2. The van der Waals surface area contributed by atoms with Crippen LogP contribution < -0.4 is 10.6 Å². The number of nitrogens with zero attached hydrogens (tertiary/aromatic N) is 1. The lowest BCUT2D eigenvalue weighted by atomic mass is 10.1. The number of benzene rings is 1. The highest BCUT2D eigenvalue weighted by molar-refractivity contribution is 7.80. The second kappa shape index (κ2) is 6.16. The molecule has 18 heavy (non-hydrogen) atoms. The summed E-state index contributed by atoms with van der Waals surface area (Å²) in [5.74, 6) is 0. The second-order valence-corrected chi connectivity index (χ2v) is 5.40. The predicted octanol–water partition coefficient (Wildman–Crippen LogP) is 2.38. The number of para-hydroxylation sites is 1. The molecule has 1 aromatic rings. The van der Waals surface area contributed by atoms with Crippen LogP contribution in [0.25, 0.3) is 0 Å². The van der Waals surface area contributed by atoms with E-state index >= 15 is 0 Å². The Morgan fingerprint density at radius 2 is 1.94 bits per heavy atom. The van der Waals surface area contributed by atoms with Crippen LogP contribution in [0.2, 0.25) is 0 Å². The van der Waals surface area contributed by atoms with Gasteiger partial charge in [-0.3, -0.25) is 0 Å². The third-order valence-corrected chi connectivity index (χ3v) is 3.67. The molecule has 0 amide bonds. The molecule has 0 radical (unpaired) electrons. The number of anilines is 1. The maximum atomic E-state index is 5.37. The van der Waals surface area contributed by atoms with Crippen molar-refractivity contribution < 1.29 is 0 Å². The largest absolute Gasteiger partial charge is 0.360 e. The number of aryl methyl sites for hydroxylation is 1. The van der Waals surface area contributed by atoms with Gasteiger partial charge in [-0.15, -0.1) is 0 Å².